The summed E-state index contributed by atoms with van der Waals surface area (Å²) in [6, 6.07) is 24.0. The Hall–Kier alpha value is -4.45. The highest BCUT2D eigenvalue weighted by molar-refractivity contribution is 7.92. The van der Waals surface area contributed by atoms with E-state index in [0.29, 0.717) is 16.3 Å². The quantitative estimate of drug-likeness (QED) is 0.140. The summed E-state index contributed by atoms with van der Waals surface area (Å²) in [7, 11) is -0.282. The van der Waals surface area contributed by atoms with Crippen LogP contribution >= 0.6 is 23.2 Å². The Morgan fingerprint density at radius 1 is 0.824 bits per heavy atom. The lowest BCUT2D eigenvalue weighted by atomic mass is 10.0. The Labute approximate surface area is 309 Å². The molecular weight excluding hydrogens is 713 g/mol. The minimum atomic E-state index is -4.51. The van der Waals surface area contributed by atoms with Crippen LogP contribution in [0, 0.1) is 0 Å². The molecule has 10 nitrogen and oxygen atoms in total. The van der Waals surface area contributed by atoms with Crippen LogP contribution in [-0.4, -0.2) is 65.1 Å². The van der Waals surface area contributed by atoms with Crippen molar-refractivity contribution in [1.29, 1.82) is 0 Å². The number of carbonyl (C=O) groups excluding carboxylic acids is 2. The van der Waals surface area contributed by atoms with Crippen LogP contribution in [0.1, 0.15) is 36.8 Å². The van der Waals surface area contributed by atoms with Crippen LogP contribution in [0.4, 0.5) is 5.69 Å². The number of rotatable bonds is 15. The van der Waals surface area contributed by atoms with Gasteiger partial charge in [0.15, 0.2) is 11.5 Å². The van der Waals surface area contributed by atoms with Gasteiger partial charge in [0.25, 0.3) is 10.0 Å². The van der Waals surface area contributed by atoms with Gasteiger partial charge in [-0.3, -0.25) is 13.9 Å². The molecule has 1 saturated carbocycles. The lowest BCUT2D eigenvalue weighted by Gasteiger charge is -2.34. The number of hydrogen-bond donors (Lipinski definition) is 1. The van der Waals surface area contributed by atoms with Crippen molar-refractivity contribution in [3.8, 4) is 17.2 Å². The summed E-state index contributed by atoms with van der Waals surface area (Å²) >= 11 is 13.0. The van der Waals surface area contributed by atoms with Gasteiger partial charge in [-0.1, -0.05) is 84.6 Å². The molecule has 51 heavy (non-hydrogen) atoms. The first-order valence-electron chi connectivity index (χ1n) is 16.5. The lowest BCUT2D eigenvalue weighted by molar-refractivity contribution is -0.140. The SMILES string of the molecule is COc1ccc(S(=O)(=O)N(CC(=O)N(Cc2ccccc2Cl)C(Cc2ccccc2)C(=O)NC2CCCC2)c2cc(Cl)ccc2OC)cc1OC. The van der Waals surface area contributed by atoms with E-state index < -0.39 is 28.5 Å². The third kappa shape index (κ3) is 9.08. The number of sulfonamides is 1. The topological polar surface area (TPSA) is 114 Å². The van der Waals surface area contributed by atoms with Crippen molar-refractivity contribution in [3.63, 3.8) is 0 Å². The second-order valence-electron chi connectivity index (χ2n) is 12.2. The average molecular weight is 755 g/mol. The number of anilines is 1. The van der Waals surface area contributed by atoms with Crippen molar-refractivity contribution < 1.29 is 32.2 Å². The van der Waals surface area contributed by atoms with E-state index in [9.17, 15) is 18.0 Å². The standard InChI is InChI=1S/C38H41Cl2N3O7S/c1-48-34-19-17-28(39)22-32(34)43(51(46,47)30-18-20-35(49-2)36(23-30)50-3)25-37(44)42(24-27-13-7-10-16-31(27)40)33(21-26-11-5-4-6-12-26)38(45)41-29-14-8-9-15-29/h4-7,10-13,16-20,22-23,29,33H,8-9,14-15,21,24-25H2,1-3H3,(H,41,45). The highest BCUT2D eigenvalue weighted by Crippen LogP contribution is 2.37. The molecule has 0 bridgehead atoms. The molecule has 0 heterocycles. The first-order valence-corrected chi connectivity index (χ1v) is 18.7. The van der Waals surface area contributed by atoms with Gasteiger partial charge >= 0.3 is 0 Å². The van der Waals surface area contributed by atoms with Crippen LogP contribution in [-0.2, 0) is 32.6 Å². The fourth-order valence-corrected chi connectivity index (χ4v) is 8.00. The van der Waals surface area contributed by atoms with E-state index in [0.717, 1.165) is 35.6 Å². The van der Waals surface area contributed by atoms with E-state index in [1.807, 2.05) is 30.3 Å². The first kappa shape index (κ1) is 37.8. The number of nitrogens with one attached hydrogen (secondary N) is 1. The van der Waals surface area contributed by atoms with Gasteiger partial charge in [0.2, 0.25) is 11.8 Å². The third-order valence-corrected chi connectivity index (χ3v) is 11.3. The van der Waals surface area contributed by atoms with Crippen LogP contribution in [0.2, 0.25) is 10.0 Å². The molecule has 4 aromatic rings. The van der Waals surface area contributed by atoms with Gasteiger partial charge < -0.3 is 24.4 Å². The molecule has 5 rings (SSSR count). The summed E-state index contributed by atoms with van der Waals surface area (Å²) in [5.41, 5.74) is 1.45. The number of amides is 2. The normalized spacial score (nSPS) is 13.7. The molecule has 1 aliphatic rings. The molecule has 2 amide bonds. The largest absolute Gasteiger partial charge is 0.495 e. The van der Waals surface area contributed by atoms with Crippen LogP contribution in [0.5, 0.6) is 17.2 Å². The molecule has 1 atom stereocenters. The van der Waals surface area contributed by atoms with E-state index in [1.165, 1.54) is 56.6 Å². The maximum Gasteiger partial charge on any atom is 0.265 e. The van der Waals surface area contributed by atoms with E-state index in [1.54, 1.807) is 30.3 Å². The minimum absolute atomic E-state index is 0.0225. The minimum Gasteiger partial charge on any atom is -0.495 e. The number of methoxy groups -OCH3 is 3. The predicted octanol–water partition coefficient (Wildman–Crippen LogP) is 6.91. The van der Waals surface area contributed by atoms with Crippen LogP contribution in [0.25, 0.3) is 0 Å². The predicted molar refractivity (Wildman–Crippen MR) is 198 cm³/mol. The van der Waals surface area contributed by atoms with Crippen molar-refractivity contribution >= 4 is 50.7 Å². The van der Waals surface area contributed by atoms with Gasteiger partial charge in [-0.2, -0.15) is 0 Å². The molecule has 0 aromatic heterocycles. The molecule has 1 N–H and O–H groups in total. The van der Waals surface area contributed by atoms with Gasteiger partial charge in [-0.25, -0.2) is 8.42 Å². The number of hydrogen-bond acceptors (Lipinski definition) is 7. The maximum atomic E-state index is 14.9. The second-order valence-corrected chi connectivity index (χ2v) is 14.9. The van der Waals surface area contributed by atoms with Crippen molar-refractivity contribution in [1.82, 2.24) is 10.2 Å². The number of carbonyl (C=O) groups is 2. The number of nitrogens with zero attached hydrogens (tertiary/aromatic N) is 2. The monoisotopic (exact) mass is 753 g/mol. The molecule has 1 fully saturated rings. The summed E-state index contributed by atoms with van der Waals surface area (Å²) < 4.78 is 46.5. The van der Waals surface area contributed by atoms with Crippen LogP contribution in [0.3, 0.4) is 0 Å². The summed E-state index contributed by atoms with van der Waals surface area (Å²) in [6.45, 7) is -0.773. The molecule has 13 heteroatoms. The van der Waals surface area contributed by atoms with Gasteiger partial charge in [0.1, 0.15) is 18.3 Å². The zero-order valence-electron chi connectivity index (χ0n) is 28.7. The van der Waals surface area contributed by atoms with Gasteiger partial charge in [0, 0.05) is 35.1 Å². The maximum absolute atomic E-state index is 14.9. The van der Waals surface area contributed by atoms with E-state index in [-0.39, 0.29) is 52.0 Å². The zero-order chi connectivity index (χ0) is 36.5. The van der Waals surface area contributed by atoms with Crippen molar-refractivity contribution in [2.45, 2.75) is 55.6 Å². The fourth-order valence-electron chi connectivity index (χ4n) is 6.21. The molecule has 1 aliphatic carbocycles. The van der Waals surface area contributed by atoms with Gasteiger partial charge in [-0.15, -0.1) is 0 Å². The van der Waals surface area contributed by atoms with E-state index in [4.69, 9.17) is 37.4 Å². The molecule has 1 unspecified atom stereocenters. The molecule has 0 aliphatic heterocycles. The molecule has 0 spiro atoms. The fraction of sp³-hybridized carbons (Fsp3) is 0.316. The lowest BCUT2D eigenvalue weighted by Crippen LogP contribution is -2.54. The Morgan fingerprint density at radius 2 is 1.47 bits per heavy atom. The summed E-state index contributed by atoms with van der Waals surface area (Å²) in [5.74, 6) is -0.324. The highest BCUT2D eigenvalue weighted by Gasteiger charge is 2.37. The molecule has 4 aromatic carbocycles. The molecule has 270 valence electrons. The summed E-state index contributed by atoms with van der Waals surface area (Å²) in [4.78, 5) is 30.4. The second kappa shape index (κ2) is 17.2. The van der Waals surface area contributed by atoms with Crippen LogP contribution in [0.15, 0.2) is 95.9 Å². The zero-order valence-corrected chi connectivity index (χ0v) is 31.0. The van der Waals surface area contributed by atoms with E-state index in [2.05, 4.69) is 5.32 Å². The Bertz CT molecular complexity index is 1940. The van der Waals surface area contributed by atoms with Gasteiger partial charge in [0.05, 0.1) is 31.9 Å². The Kier molecular flexibility index (Phi) is 12.7. The van der Waals surface area contributed by atoms with Crippen molar-refractivity contribution in [3.05, 3.63) is 112 Å². The van der Waals surface area contributed by atoms with E-state index >= 15 is 0 Å². The third-order valence-electron chi connectivity index (χ3n) is 8.90. The Balaban J connectivity index is 1.63. The van der Waals surface area contributed by atoms with Crippen molar-refractivity contribution in [2.24, 2.45) is 0 Å². The van der Waals surface area contributed by atoms with Crippen molar-refractivity contribution in [2.75, 3.05) is 32.2 Å². The Morgan fingerprint density at radius 3 is 2.14 bits per heavy atom. The number of benzene rings is 4. The average Bonchev–Trinajstić information content (AvgIpc) is 3.65. The molecule has 0 saturated heterocycles. The first-order chi connectivity index (χ1) is 24.5. The highest BCUT2D eigenvalue weighted by atomic mass is 35.5. The van der Waals surface area contributed by atoms with Crippen LogP contribution < -0.4 is 23.8 Å². The molecule has 0 radical (unpaired) electrons. The summed E-state index contributed by atoms with van der Waals surface area (Å²) in [5, 5.41) is 3.78. The number of ether oxygens (including phenoxy) is 3. The smallest absolute Gasteiger partial charge is 0.265 e. The number of halogens is 2. The summed E-state index contributed by atoms with van der Waals surface area (Å²) in [6.07, 6.45) is 3.86. The van der Waals surface area contributed by atoms with Gasteiger partial charge in [-0.05, 0) is 60.4 Å². The molecular formula is C38H41Cl2N3O7S.